The van der Waals surface area contributed by atoms with Crippen LogP contribution in [0.2, 0.25) is 0 Å². The number of benzene rings is 3. The highest BCUT2D eigenvalue weighted by molar-refractivity contribution is 5.91. The van der Waals surface area contributed by atoms with Gasteiger partial charge in [-0.25, -0.2) is 5.43 Å². The van der Waals surface area contributed by atoms with Gasteiger partial charge in [0.05, 0.1) is 12.6 Å². The van der Waals surface area contributed by atoms with E-state index in [-0.39, 0.29) is 18.1 Å². The fourth-order valence-electron chi connectivity index (χ4n) is 2.62. The summed E-state index contributed by atoms with van der Waals surface area (Å²) in [6.07, 6.45) is 1.70. The van der Waals surface area contributed by atoms with E-state index in [1.54, 1.807) is 6.07 Å². The van der Waals surface area contributed by atoms with E-state index in [0.29, 0.717) is 5.56 Å². The van der Waals surface area contributed by atoms with Crippen LogP contribution in [-0.2, 0) is 11.2 Å². The Kier molecular flexibility index (Phi) is 4.57. The van der Waals surface area contributed by atoms with Crippen LogP contribution < -0.4 is 5.43 Å². The molecular weight excluding hydrogens is 300 g/mol. The molecule has 24 heavy (non-hydrogen) atoms. The van der Waals surface area contributed by atoms with E-state index in [2.05, 4.69) is 10.5 Å². The van der Waals surface area contributed by atoms with E-state index in [1.807, 2.05) is 61.5 Å². The second-order valence-electron chi connectivity index (χ2n) is 5.62. The maximum atomic E-state index is 12.1. The molecule has 2 N–H and O–H groups in total. The normalized spacial score (nSPS) is 11.0. The van der Waals surface area contributed by atoms with Gasteiger partial charge in [0.1, 0.15) is 5.75 Å². The molecule has 3 rings (SSSR count). The Morgan fingerprint density at radius 2 is 1.83 bits per heavy atom. The lowest BCUT2D eigenvalue weighted by atomic mass is 10.0. The fourth-order valence-corrected chi connectivity index (χ4v) is 2.62. The van der Waals surface area contributed by atoms with E-state index in [9.17, 15) is 9.90 Å². The minimum absolute atomic E-state index is 0.171. The lowest BCUT2D eigenvalue weighted by molar-refractivity contribution is -0.120. The molecule has 0 heterocycles. The summed E-state index contributed by atoms with van der Waals surface area (Å²) in [5.74, 6) is -0.0284. The highest BCUT2D eigenvalue weighted by atomic mass is 16.3. The molecule has 0 aromatic heterocycles. The Hall–Kier alpha value is -3.14. The third kappa shape index (κ3) is 3.43. The summed E-state index contributed by atoms with van der Waals surface area (Å²) >= 11 is 0. The van der Waals surface area contributed by atoms with Gasteiger partial charge in [0.2, 0.25) is 5.91 Å². The number of para-hydroxylation sites is 1. The molecule has 4 heteroatoms. The number of amides is 1. The second-order valence-corrected chi connectivity index (χ2v) is 5.62. The van der Waals surface area contributed by atoms with Crippen molar-refractivity contribution in [2.24, 2.45) is 5.10 Å². The van der Waals surface area contributed by atoms with Crippen molar-refractivity contribution in [1.82, 2.24) is 5.43 Å². The van der Waals surface area contributed by atoms with Gasteiger partial charge in [0.15, 0.2) is 0 Å². The molecule has 3 aromatic rings. The fraction of sp³-hybridized carbons (Fsp3) is 0.100. The van der Waals surface area contributed by atoms with Crippen molar-refractivity contribution < 1.29 is 9.90 Å². The van der Waals surface area contributed by atoms with Gasteiger partial charge in [-0.05, 0) is 34.9 Å². The average molecular weight is 318 g/mol. The standard InChI is InChI=1S/C20H18N2O2/c1-14-6-4-10-17(20(14)24)13-21-22-19(23)12-16-9-5-8-15-7-2-3-11-18(15)16/h2-11,13,24H,12H2,1H3,(H,22,23)/b21-13-. The highest BCUT2D eigenvalue weighted by Gasteiger charge is 2.06. The quantitative estimate of drug-likeness (QED) is 0.571. The zero-order valence-electron chi connectivity index (χ0n) is 13.4. The number of aryl methyl sites for hydroxylation is 1. The van der Waals surface area contributed by atoms with E-state index in [4.69, 9.17) is 0 Å². The summed E-state index contributed by atoms with van der Waals surface area (Å²) in [6, 6.07) is 19.3. The molecule has 0 fully saturated rings. The summed E-state index contributed by atoms with van der Waals surface area (Å²) in [5.41, 5.74) is 4.80. The molecule has 3 aromatic carbocycles. The van der Waals surface area contributed by atoms with E-state index in [1.165, 1.54) is 6.21 Å². The Bertz CT molecular complexity index is 911. The predicted octanol–water partition coefficient (Wildman–Crippen LogP) is 3.55. The first-order valence-corrected chi connectivity index (χ1v) is 7.72. The number of hydrogen-bond donors (Lipinski definition) is 2. The van der Waals surface area contributed by atoms with Gasteiger partial charge >= 0.3 is 0 Å². The summed E-state index contributed by atoms with van der Waals surface area (Å²) in [6.45, 7) is 1.81. The summed E-state index contributed by atoms with van der Waals surface area (Å²) in [4.78, 5) is 12.1. The number of hydrazone groups is 1. The minimum Gasteiger partial charge on any atom is -0.507 e. The summed E-state index contributed by atoms with van der Waals surface area (Å²) in [5, 5.41) is 16.0. The van der Waals surface area contributed by atoms with Gasteiger partial charge in [-0.3, -0.25) is 4.79 Å². The number of phenolic OH excluding ortho intramolecular Hbond substituents is 1. The Labute approximate surface area is 140 Å². The largest absolute Gasteiger partial charge is 0.507 e. The first-order chi connectivity index (χ1) is 11.6. The molecule has 0 aliphatic carbocycles. The number of nitrogens with one attached hydrogen (secondary N) is 1. The SMILES string of the molecule is Cc1cccc(/C=N\NC(=O)Cc2cccc3ccccc23)c1O. The number of fused-ring (bicyclic) bond motifs is 1. The Balaban J connectivity index is 1.69. The topological polar surface area (TPSA) is 61.7 Å². The first kappa shape index (κ1) is 15.7. The Morgan fingerprint density at radius 1 is 1.08 bits per heavy atom. The van der Waals surface area contributed by atoms with Crippen LogP contribution in [0.4, 0.5) is 0 Å². The maximum Gasteiger partial charge on any atom is 0.244 e. The van der Waals surface area contributed by atoms with Crippen LogP contribution in [-0.4, -0.2) is 17.2 Å². The molecule has 0 saturated heterocycles. The van der Waals surface area contributed by atoms with Gasteiger partial charge in [0.25, 0.3) is 0 Å². The smallest absolute Gasteiger partial charge is 0.244 e. The number of nitrogens with zero attached hydrogens (tertiary/aromatic N) is 1. The van der Waals surface area contributed by atoms with Crippen molar-refractivity contribution >= 4 is 22.9 Å². The third-order valence-corrected chi connectivity index (χ3v) is 3.89. The Morgan fingerprint density at radius 3 is 2.71 bits per heavy atom. The third-order valence-electron chi connectivity index (χ3n) is 3.89. The van der Waals surface area contributed by atoms with E-state index in [0.717, 1.165) is 21.9 Å². The molecule has 0 saturated carbocycles. The molecule has 4 nitrogen and oxygen atoms in total. The summed E-state index contributed by atoms with van der Waals surface area (Å²) < 4.78 is 0. The van der Waals surface area contributed by atoms with Crippen molar-refractivity contribution in [3.8, 4) is 5.75 Å². The van der Waals surface area contributed by atoms with Crippen LogP contribution in [0.25, 0.3) is 10.8 Å². The van der Waals surface area contributed by atoms with E-state index < -0.39 is 0 Å². The number of phenols is 1. The molecule has 0 aliphatic rings. The monoisotopic (exact) mass is 318 g/mol. The second kappa shape index (κ2) is 6.96. The lowest BCUT2D eigenvalue weighted by Crippen LogP contribution is -2.19. The van der Waals surface area contributed by atoms with Crippen molar-refractivity contribution in [3.63, 3.8) is 0 Å². The molecule has 120 valence electrons. The van der Waals surface area contributed by atoms with Crippen molar-refractivity contribution in [2.75, 3.05) is 0 Å². The molecule has 0 atom stereocenters. The van der Waals surface area contributed by atoms with Crippen molar-refractivity contribution in [2.45, 2.75) is 13.3 Å². The van der Waals surface area contributed by atoms with Crippen LogP contribution in [0.1, 0.15) is 16.7 Å². The van der Waals surface area contributed by atoms with E-state index >= 15 is 0 Å². The van der Waals surface area contributed by atoms with Gasteiger partial charge < -0.3 is 5.11 Å². The van der Waals surface area contributed by atoms with Crippen molar-refractivity contribution in [1.29, 1.82) is 0 Å². The first-order valence-electron chi connectivity index (χ1n) is 7.72. The molecule has 0 radical (unpaired) electrons. The number of rotatable bonds is 4. The highest BCUT2D eigenvalue weighted by Crippen LogP contribution is 2.20. The average Bonchev–Trinajstić information content (AvgIpc) is 2.59. The summed E-state index contributed by atoms with van der Waals surface area (Å²) in [7, 11) is 0. The maximum absolute atomic E-state index is 12.1. The van der Waals surface area contributed by atoms with Gasteiger partial charge in [-0.2, -0.15) is 5.10 Å². The van der Waals surface area contributed by atoms with Crippen LogP contribution in [0.5, 0.6) is 5.75 Å². The zero-order valence-corrected chi connectivity index (χ0v) is 13.4. The molecule has 0 spiro atoms. The van der Waals surface area contributed by atoms with Gasteiger partial charge in [-0.1, -0.05) is 54.6 Å². The number of aromatic hydroxyl groups is 1. The number of hydrogen-bond acceptors (Lipinski definition) is 3. The van der Waals surface area contributed by atoms with Gasteiger partial charge in [0, 0.05) is 5.56 Å². The lowest BCUT2D eigenvalue weighted by Gasteiger charge is -2.06. The van der Waals surface area contributed by atoms with Crippen LogP contribution in [0, 0.1) is 6.92 Å². The molecule has 1 amide bonds. The molecular formula is C20H18N2O2. The van der Waals surface area contributed by atoms with Crippen LogP contribution >= 0.6 is 0 Å². The van der Waals surface area contributed by atoms with Crippen molar-refractivity contribution in [3.05, 3.63) is 77.4 Å². The zero-order chi connectivity index (χ0) is 16.9. The molecule has 0 bridgehead atoms. The van der Waals surface area contributed by atoms with Gasteiger partial charge in [-0.15, -0.1) is 0 Å². The predicted molar refractivity (Wildman–Crippen MR) is 96.2 cm³/mol. The van der Waals surface area contributed by atoms with Crippen LogP contribution in [0.15, 0.2) is 65.8 Å². The van der Waals surface area contributed by atoms with Crippen LogP contribution in [0.3, 0.4) is 0 Å². The number of carbonyl (C=O) groups excluding carboxylic acids is 1. The molecule has 0 aliphatic heterocycles. The molecule has 0 unspecified atom stereocenters. The minimum atomic E-state index is -0.199. The number of carbonyl (C=O) groups is 1.